The number of nitrogens with one attached hydrogen (secondary N) is 1. The van der Waals surface area contributed by atoms with Crippen molar-refractivity contribution in [2.24, 2.45) is 0 Å². The van der Waals surface area contributed by atoms with E-state index in [-0.39, 0.29) is 11.4 Å². The molecule has 2 fully saturated rings. The van der Waals surface area contributed by atoms with Crippen LogP contribution in [0.5, 0.6) is 0 Å². The Balaban J connectivity index is 1.72. The van der Waals surface area contributed by atoms with Crippen LogP contribution >= 0.6 is 0 Å². The van der Waals surface area contributed by atoms with Gasteiger partial charge in [0.2, 0.25) is 0 Å². The van der Waals surface area contributed by atoms with E-state index in [1.807, 2.05) is 0 Å². The number of nitrogens with zero attached hydrogens (tertiary/aromatic N) is 1. The normalized spacial score (nSPS) is 40.1. The van der Waals surface area contributed by atoms with Crippen LogP contribution in [0.3, 0.4) is 0 Å². The van der Waals surface area contributed by atoms with Crippen LogP contribution in [0.1, 0.15) is 0 Å². The molecule has 0 unspecified atom stereocenters. The van der Waals surface area contributed by atoms with E-state index in [0.29, 0.717) is 0 Å². The van der Waals surface area contributed by atoms with Gasteiger partial charge >= 0.3 is 0 Å². The third-order valence-corrected chi connectivity index (χ3v) is 5.37. The van der Waals surface area contributed by atoms with Gasteiger partial charge in [-0.15, -0.1) is 0 Å². The molecular formula is C18H26N2O12. The van der Waals surface area contributed by atoms with Crippen molar-refractivity contribution in [3.05, 3.63) is 34.4 Å². The number of non-ortho nitro benzene ring substituents is 1. The standard InChI is InChI=1S/C18H26N2O12/c21-5-9-11(23)12(24)15(27)18(31-9)32-16-10(6-22)30-17(14(26)13(16)25)19-7-2-1-3-8(4-7)20(28)29/h1-4,9-19,21-27H,5-6H2/t9-,10+,11-,12+,13+,14-,15-,16+,17+,18+/m0/s1. The van der Waals surface area contributed by atoms with Crippen molar-refractivity contribution < 1.29 is 54.9 Å². The first kappa shape index (κ1) is 24.7. The topological polar surface area (TPSA) is 224 Å². The highest BCUT2D eigenvalue weighted by Gasteiger charge is 2.50. The molecule has 180 valence electrons. The van der Waals surface area contributed by atoms with E-state index in [9.17, 15) is 45.9 Å². The van der Waals surface area contributed by atoms with Crippen LogP contribution in [0.25, 0.3) is 0 Å². The van der Waals surface area contributed by atoms with E-state index in [4.69, 9.17) is 14.2 Å². The maximum atomic E-state index is 10.9. The molecule has 32 heavy (non-hydrogen) atoms. The predicted octanol–water partition coefficient (Wildman–Crippen LogP) is -3.37. The summed E-state index contributed by atoms with van der Waals surface area (Å²) in [6.07, 6.45) is -15.3. The molecule has 2 saturated heterocycles. The summed E-state index contributed by atoms with van der Waals surface area (Å²) in [5, 5.41) is 83.5. The molecule has 1 aromatic carbocycles. The molecular weight excluding hydrogens is 436 g/mol. The van der Waals surface area contributed by atoms with Crippen LogP contribution in [0.2, 0.25) is 0 Å². The van der Waals surface area contributed by atoms with Gasteiger partial charge in [0.05, 0.1) is 18.1 Å². The highest BCUT2D eigenvalue weighted by Crippen LogP contribution is 2.30. The van der Waals surface area contributed by atoms with Crippen molar-refractivity contribution in [2.75, 3.05) is 18.5 Å². The molecule has 14 heteroatoms. The van der Waals surface area contributed by atoms with Gasteiger partial charge in [0.15, 0.2) is 12.5 Å². The van der Waals surface area contributed by atoms with Gasteiger partial charge in [0.1, 0.15) is 48.8 Å². The molecule has 0 spiro atoms. The second kappa shape index (κ2) is 10.3. The molecule has 0 bridgehead atoms. The number of ether oxygens (including phenoxy) is 3. The van der Waals surface area contributed by atoms with E-state index in [2.05, 4.69) is 5.32 Å². The summed E-state index contributed by atoms with van der Waals surface area (Å²) in [6.45, 7) is -1.39. The summed E-state index contributed by atoms with van der Waals surface area (Å²) < 4.78 is 16.2. The second-order valence-corrected chi connectivity index (χ2v) is 7.51. The molecule has 2 aliphatic rings. The number of benzene rings is 1. The monoisotopic (exact) mass is 462 g/mol. The number of hydrogen-bond donors (Lipinski definition) is 8. The first-order chi connectivity index (χ1) is 15.2. The highest BCUT2D eigenvalue weighted by molar-refractivity contribution is 5.51. The predicted molar refractivity (Wildman–Crippen MR) is 103 cm³/mol. The number of hydrogen-bond acceptors (Lipinski definition) is 13. The van der Waals surface area contributed by atoms with Crippen LogP contribution < -0.4 is 5.32 Å². The van der Waals surface area contributed by atoms with E-state index < -0.39 is 79.5 Å². The molecule has 2 heterocycles. The Labute approximate surface area is 181 Å². The van der Waals surface area contributed by atoms with Crippen LogP contribution in [-0.4, -0.2) is 115 Å². The Kier molecular flexibility index (Phi) is 7.94. The lowest BCUT2D eigenvalue weighted by Crippen LogP contribution is -2.65. The van der Waals surface area contributed by atoms with E-state index in [1.54, 1.807) is 0 Å². The third kappa shape index (κ3) is 4.99. The third-order valence-electron chi connectivity index (χ3n) is 5.37. The first-order valence-corrected chi connectivity index (χ1v) is 9.77. The lowest BCUT2D eigenvalue weighted by Gasteiger charge is -2.46. The fourth-order valence-corrected chi connectivity index (χ4v) is 3.58. The molecule has 0 amide bonds. The zero-order valence-electron chi connectivity index (χ0n) is 16.6. The Hall–Kier alpha value is -1.98. The first-order valence-electron chi connectivity index (χ1n) is 9.77. The maximum absolute atomic E-state index is 10.9. The molecule has 10 atom stereocenters. The van der Waals surface area contributed by atoms with Gasteiger partial charge in [0.25, 0.3) is 5.69 Å². The zero-order chi connectivity index (χ0) is 23.6. The number of anilines is 1. The largest absolute Gasteiger partial charge is 0.394 e. The lowest BCUT2D eigenvalue weighted by atomic mass is 9.96. The number of rotatable bonds is 7. The number of aliphatic hydroxyl groups excluding tert-OH is 7. The molecule has 0 saturated carbocycles. The maximum Gasteiger partial charge on any atom is 0.271 e. The summed E-state index contributed by atoms with van der Waals surface area (Å²) >= 11 is 0. The Bertz CT molecular complexity index is 780. The second-order valence-electron chi connectivity index (χ2n) is 7.51. The molecule has 14 nitrogen and oxygen atoms in total. The number of aliphatic hydroxyl groups is 7. The van der Waals surface area contributed by atoms with Crippen molar-refractivity contribution >= 4 is 11.4 Å². The minimum Gasteiger partial charge on any atom is -0.394 e. The fraction of sp³-hybridized carbons (Fsp3) is 0.667. The van der Waals surface area contributed by atoms with Gasteiger partial charge in [-0.25, -0.2) is 0 Å². The Morgan fingerprint density at radius 3 is 2.25 bits per heavy atom. The molecule has 0 radical (unpaired) electrons. The van der Waals surface area contributed by atoms with Crippen LogP contribution in [0.4, 0.5) is 11.4 Å². The van der Waals surface area contributed by atoms with Crippen LogP contribution in [-0.2, 0) is 14.2 Å². The Morgan fingerprint density at radius 2 is 1.62 bits per heavy atom. The zero-order valence-corrected chi connectivity index (χ0v) is 16.6. The van der Waals surface area contributed by atoms with E-state index in [0.717, 1.165) is 0 Å². The number of nitro benzene ring substituents is 1. The molecule has 0 aliphatic carbocycles. The summed E-state index contributed by atoms with van der Waals surface area (Å²) in [5.74, 6) is 0. The van der Waals surface area contributed by atoms with Gasteiger partial charge in [-0.3, -0.25) is 10.1 Å². The van der Waals surface area contributed by atoms with Gasteiger partial charge in [-0.1, -0.05) is 6.07 Å². The van der Waals surface area contributed by atoms with Crippen molar-refractivity contribution in [3.63, 3.8) is 0 Å². The summed E-state index contributed by atoms with van der Waals surface area (Å²) in [7, 11) is 0. The molecule has 8 N–H and O–H groups in total. The molecule has 3 rings (SSSR count). The SMILES string of the molecule is O=[N+]([O-])c1cccc(N[C@@H]2O[C@H](CO)[C@@H](O[C@H]3O[C@@H](CO)[C@H](O)[C@@H](O)[C@@H]3O)[C@H](O)[C@@H]2O)c1. The summed E-state index contributed by atoms with van der Waals surface area (Å²) in [5.41, 5.74) is -0.0103. The lowest BCUT2D eigenvalue weighted by molar-refractivity contribution is -0.384. The van der Waals surface area contributed by atoms with Gasteiger partial charge in [-0.05, 0) is 6.07 Å². The molecule has 2 aliphatic heterocycles. The van der Waals surface area contributed by atoms with E-state index in [1.165, 1.54) is 24.3 Å². The van der Waals surface area contributed by atoms with Crippen molar-refractivity contribution in [3.8, 4) is 0 Å². The van der Waals surface area contributed by atoms with Crippen molar-refractivity contribution in [1.82, 2.24) is 0 Å². The Morgan fingerprint density at radius 1 is 0.938 bits per heavy atom. The van der Waals surface area contributed by atoms with Crippen molar-refractivity contribution in [2.45, 2.75) is 61.3 Å². The summed E-state index contributed by atoms with van der Waals surface area (Å²) in [4.78, 5) is 10.3. The summed E-state index contributed by atoms with van der Waals surface area (Å²) in [6, 6.07) is 5.33. The quantitative estimate of drug-likeness (QED) is 0.146. The van der Waals surface area contributed by atoms with Crippen LogP contribution in [0.15, 0.2) is 24.3 Å². The average Bonchev–Trinajstić information content (AvgIpc) is 2.78. The number of nitro groups is 1. The average molecular weight is 462 g/mol. The molecule has 0 aromatic heterocycles. The van der Waals surface area contributed by atoms with Gasteiger partial charge in [-0.2, -0.15) is 0 Å². The fourth-order valence-electron chi connectivity index (χ4n) is 3.58. The van der Waals surface area contributed by atoms with Gasteiger partial charge in [0, 0.05) is 17.8 Å². The minimum absolute atomic E-state index is 0.209. The van der Waals surface area contributed by atoms with Gasteiger partial charge < -0.3 is 55.3 Å². The van der Waals surface area contributed by atoms with E-state index >= 15 is 0 Å². The molecule has 1 aromatic rings. The minimum atomic E-state index is -1.77. The van der Waals surface area contributed by atoms with Crippen LogP contribution in [0, 0.1) is 10.1 Å². The highest BCUT2D eigenvalue weighted by atomic mass is 16.7. The smallest absolute Gasteiger partial charge is 0.271 e. The van der Waals surface area contributed by atoms with Crippen molar-refractivity contribution in [1.29, 1.82) is 0 Å².